The lowest BCUT2D eigenvalue weighted by molar-refractivity contribution is -0.138. The van der Waals surface area contributed by atoms with E-state index in [9.17, 15) is 9.59 Å². The molecular weight excluding hydrogens is 156 g/mol. The van der Waals surface area contributed by atoms with Crippen molar-refractivity contribution in [2.24, 2.45) is 11.3 Å². The van der Waals surface area contributed by atoms with E-state index in [4.69, 9.17) is 5.11 Å². The Morgan fingerprint density at radius 2 is 2.00 bits per heavy atom. The highest BCUT2D eigenvalue weighted by Crippen LogP contribution is 2.24. The van der Waals surface area contributed by atoms with E-state index in [1.54, 1.807) is 19.1 Å². The Bertz CT molecular complexity index is 249. The van der Waals surface area contributed by atoms with Crippen molar-refractivity contribution >= 4 is 12.3 Å². The molecule has 3 nitrogen and oxygen atoms in total. The maximum absolute atomic E-state index is 10.5. The highest BCUT2D eigenvalue weighted by Gasteiger charge is 2.22. The van der Waals surface area contributed by atoms with E-state index in [2.05, 4.69) is 0 Å². The fourth-order valence-corrected chi connectivity index (χ4v) is 0.985. The van der Waals surface area contributed by atoms with Crippen molar-refractivity contribution in [3.05, 3.63) is 24.3 Å². The third-order valence-corrected chi connectivity index (χ3v) is 1.86. The third kappa shape index (κ3) is 1.61. The van der Waals surface area contributed by atoms with Crippen molar-refractivity contribution in [2.75, 3.05) is 0 Å². The van der Waals surface area contributed by atoms with Gasteiger partial charge in [-0.3, -0.25) is 4.79 Å². The Kier molecular flexibility index (Phi) is 2.13. The second-order valence-corrected chi connectivity index (χ2v) is 3.07. The van der Waals surface area contributed by atoms with Gasteiger partial charge in [0, 0.05) is 0 Å². The second kappa shape index (κ2) is 2.93. The molecule has 12 heavy (non-hydrogen) atoms. The van der Waals surface area contributed by atoms with Crippen molar-refractivity contribution in [3.63, 3.8) is 0 Å². The molecule has 1 rings (SSSR count). The fourth-order valence-electron chi connectivity index (χ4n) is 0.985. The third-order valence-electron chi connectivity index (χ3n) is 1.86. The van der Waals surface area contributed by atoms with Crippen molar-refractivity contribution < 1.29 is 14.7 Å². The average molecular weight is 166 g/mol. The van der Waals surface area contributed by atoms with Crippen LogP contribution in [0, 0.1) is 11.3 Å². The SMILES string of the molecule is CC1(C=O)C=CC(C(=O)O)C=C1. The van der Waals surface area contributed by atoms with Crippen LogP contribution in [-0.2, 0) is 9.59 Å². The van der Waals surface area contributed by atoms with Crippen LogP contribution in [-0.4, -0.2) is 17.4 Å². The van der Waals surface area contributed by atoms with E-state index in [1.807, 2.05) is 0 Å². The molecule has 0 bridgehead atoms. The van der Waals surface area contributed by atoms with Crippen molar-refractivity contribution in [2.45, 2.75) is 6.92 Å². The first kappa shape index (κ1) is 8.71. The maximum atomic E-state index is 10.5. The summed E-state index contributed by atoms with van der Waals surface area (Å²) in [5.41, 5.74) is -0.619. The van der Waals surface area contributed by atoms with Gasteiger partial charge in [-0.1, -0.05) is 24.3 Å². The predicted molar refractivity (Wildman–Crippen MR) is 43.6 cm³/mol. The monoisotopic (exact) mass is 166 g/mol. The lowest BCUT2D eigenvalue weighted by Crippen LogP contribution is -2.19. The summed E-state index contributed by atoms with van der Waals surface area (Å²) in [4.78, 5) is 21.0. The predicted octanol–water partition coefficient (Wildman–Crippen LogP) is 1.02. The summed E-state index contributed by atoms with van der Waals surface area (Å²) in [6.45, 7) is 1.73. The zero-order valence-electron chi connectivity index (χ0n) is 6.73. The minimum absolute atomic E-state index is 0.585. The van der Waals surface area contributed by atoms with E-state index in [0.717, 1.165) is 6.29 Å². The molecule has 0 spiro atoms. The summed E-state index contributed by atoms with van der Waals surface area (Å²) in [5, 5.41) is 8.59. The summed E-state index contributed by atoms with van der Waals surface area (Å²) in [5.74, 6) is -1.48. The zero-order valence-corrected chi connectivity index (χ0v) is 6.73. The van der Waals surface area contributed by atoms with Crippen molar-refractivity contribution in [1.82, 2.24) is 0 Å². The Hall–Kier alpha value is -1.38. The van der Waals surface area contributed by atoms with Crippen LogP contribution in [0.15, 0.2) is 24.3 Å². The van der Waals surface area contributed by atoms with Crippen LogP contribution < -0.4 is 0 Å². The molecule has 1 aliphatic carbocycles. The molecule has 0 radical (unpaired) electrons. The fraction of sp³-hybridized carbons (Fsp3) is 0.333. The molecule has 0 aromatic carbocycles. The lowest BCUT2D eigenvalue weighted by Gasteiger charge is -2.18. The number of aliphatic carboxylic acids is 1. The number of rotatable bonds is 2. The van der Waals surface area contributed by atoms with Crippen LogP contribution >= 0.6 is 0 Å². The quantitative estimate of drug-likeness (QED) is 0.492. The van der Waals surface area contributed by atoms with Crippen LogP contribution in [0.4, 0.5) is 0 Å². The number of allylic oxidation sites excluding steroid dienone is 2. The first-order chi connectivity index (χ1) is 5.57. The van der Waals surface area contributed by atoms with Gasteiger partial charge in [0.25, 0.3) is 0 Å². The van der Waals surface area contributed by atoms with E-state index in [-0.39, 0.29) is 0 Å². The number of aldehydes is 1. The molecule has 0 atom stereocenters. The number of hydrogen-bond donors (Lipinski definition) is 1. The number of carboxylic acid groups (broad SMARTS) is 1. The molecular formula is C9H10O3. The summed E-state index contributed by atoms with van der Waals surface area (Å²) in [6.07, 6.45) is 7.06. The highest BCUT2D eigenvalue weighted by molar-refractivity contribution is 5.76. The van der Waals surface area contributed by atoms with Crippen LogP contribution in [0.1, 0.15) is 6.92 Å². The van der Waals surface area contributed by atoms with E-state index in [0.29, 0.717) is 0 Å². The summed E-state index contributed by atoms with van der Waals surface area (Å²) in [7, 11) is 0. The van der Waals surface area contributed by atoms with Gasteiger partial charge in [0.15, 0.2) is 0 Å². The van der Waals surface area contributed by atoms with Gasteiger partial charge in [0.1, 0.15) is 6.29 Å². The second-order valence-electron chi connectivity index (χ2n) is 3.07. The minimum atomic E-state index is -0.893. The van der Waals surface area contributed by atoms with E-state index >= 15 is 0 Å². The average Bonchev–Trinajstić information content (AvgIpc) is 2.05. The van der Waals surface area contributed by atoms with E-state index in [1.165, 1.54) is 12.2 Å². The smallest absolute Gasteiger partial charge is 0.314 e. The molecule has 64 valence electrons. The lowest BCUT2D eigenvalue weighted by atomic mass is 9.85. The van der Waals surface area contributed by atoms with Crippen LogP contribution in [0.2, 0.25) is 0 Å². The van der Waals surface area contributed by atoms with Crippen LogP contribution in [0.3, 0.4) is 0 Å². The standard InChI is InChI=1S/C9H10O3/c1-9(6-10)4-2-7(3-5-9)8(11)12/h2-7H,1H3,(H,11,12). The summed E-state index contributed by atoms with van der Waals surface area (Å²) >= 11 is 0. The van der Waals surface area contributed by atoms with Gasteiger partial charge in [0.2, 0.25) is 0 Å². The molecule has 0 heterocycles. The first-order valence-electron chi connectivity index (χ1n) is 3.65. The molecule has 0 aromatic heterocycles. The molecule has 3 heteroatoms. The number of hydrogen-bond acceptors (Lipinski definition) is 2. The van der Waals surface area contributed by atoms with Gasteiger partial charge in [-0.2, -0.15) is 0 Å². The van der Waals surface area contributed by atoms with Gasteiger partial charge < -0.3 is 9.90 Å². The number of carbonyl (C=O) groups excluding carboxylic acids is 1. The normalized spacial score (nSPS) is 33.2. The highest BCUT2D eigenvalue weighted by atomic mass is 16.4. The largest absolute Gasteiger partial charge is 0.481 e. The Morgan fingerprint density at radius 3 is 2.33 bits per heavy atom. The molecule has 0 saturated heterocycles. The topological polar surface area (TPSA) is 54.4 Å². The van der Waals surface area contributed by atoms with Gasteiger partial charge in [-0.25, -0.2) is 0 Å². The Morgan fingerprint density at radius 1 is 1.50 bits per heavy atom. The van der Waals surface area contributed by atoms with Crippen LogP contribution in [0.25, 0.3) is 0 Å². The minimum Gasteiger partial charge on any atom is -0.481 e. The maximum Gasteiger partial charge on any atom is 0.314 e. The number of carboxylic acids is 1. The molecule has 0 fully saturated rings. The van der Waals surface area contributed by atoms with Crippen LogP contribution in [0.5, 0.6) is 0 Å². The number of carbonyl (C=O) groups is 2. The molecule has 1 aliphatic rings. The van der Waals surface area contributed by atoms with Gasteiger partial charge in [0.05, 0.1) is 11.3 Å². The van der Waals surface area contributed by atoms with Gasteiger partial charge in [-0.15, -0.1) is 0 Å². The molecule has 0 saturated carbocycles. The Labute approximate surface area is 70.4 Å². The molecule has 1 N–H and O–H groups in total. The molecule has 0 aliphatic heterocycles. The summed E-state index contributed by atoms with van der Waals surface area (Å²) < 4.78 is 0. The first-order valence-corrected chi connectivity index (χ1v) is 3.65. The van der Waals surface area contributed by atoms with Crippen molar-refractivity contribution in [3.8, 4) is 0 Å². The van der Waals surface area contributed by atoms with Gasteiger partial charge in [-0.05, 0) is 6.92 Å². The van der Waals surface area contributed by atoms with Crippen molar-refractivity contribution in [1.29, 1.82) is 0 Å². The van der Waals surface area contributed by atoms with E-state index < -0.39 is 17.3 Å². The summed E-state index contributed by atoms with van der Waals surface area (Å²) in [6, 6.07) is 0. The Balaban J connectivity index is 2.79. The molecule has 0 unspecified atom stereocenters. The molecule has 0 aromatic rings. The zero-order chi connectivity index (χ0) is 9.19. The van der Waals surface area contributed by atoms with Gasteiger partial charge >= 0.3 is 5.97 Å². The molecule has 0 amide bonds.